The molecule has 0 aromatic heterocycles. The van der Waals surface area contributed by atoms with Gasteiger partial charge in [-0.15, -0.1) is 0 Å². The molecule has 0 aliphatic heterocycles. The van der Waals surface area contributed by atoms with Gasteiger partial charge in [0.25, 0.3) is 0 Å². The molecule has 0 aliphatic rings. The molecule has 0 unspecified atom stereocenters. The molecular formula is C18H28N4O2. The highest BCUT2D eigenvalue weighted by atomic mass is 16.5. The third-order valence-corrected chi connectivity index (χ3v) is 3.07. The van der Waals surface area contributed by atoms with Gasteiger partial charge in [-0.2, -0.15) is 0 Å². The molecule has 0 heterocycles. The predicted octanol–water partition coefficient (Wildman–Crippen LogP) is 1.83. The van der Waals surface area contributed by atoms with Gasteiger partial charge in [0.2, 0.25) is 5.91 Å². The van der Waals surface area contributed by atoms with Crippen LogP contribution in [0.25, 0.3) is 0 Å². The van der Waals surface area contributed by atoms with Gasteiger partial charge >= 0.3 is 0 Å². The van der Waals surface area contributed by atoms with Crippen LogP contribution in [0, 0.1) is 0 Å². The summed E-state index contributed by atoms with van der Waals surface area (Å²) in [4.78, 5) is 16.2. The minimum atomic E-state index is -0.0443. The Morgan fingerprint density at radius 3 is 2.75 bits per heavy atom. The number of carbonyl (C=O) groups is 1. The van der Waals surface area contributed by atoms with Gasteiger partial charge in [-0.05, 0) is 19.4 Å². The summed E-state index contributed by atoms with van der Waals surface area (Å²) in [5.41, 5.74) is 0.979. The maximum Gasteiger partial charge on any atom is 0.239 e. The van der Waals surface area contributed by atoms with Crippen LogP contribution in [-0.2, 0) is 11.3 Å². The van der Waals surface area contributed by atoms with Crippen LogP contribution in [0.2, 0.25) is 0 Å². The molecule has 0 radical (unpaired) electrons. The smallest absolute Gasteiger partial charge is 0.239 e. The van der Waals surface area contributed by atoms with E-state index in [0.717, 1.165) is 24.3 Å². The predicted molar refractivity (Wildman–Crippen MR) is 98.3 cm³/mol. The molecule has 0 saturated heterocycles. The number of hydrogen-bond acceptors (Lipinski definition) is 3. The van der Waals surface area contributed by atoms with E-state index in [1.807, 2.05) is 38.1 Å². The summed E-state index contributed by atoms with van der Waals surface area (Å²) in [6, 6.07) is 7.75. The molecule has 1 aromatic rings. The van der Waals surface area contributed by atoms with Crippen molar-refractivity contribution >= 4 is 11.9 Å². The van der Waals surface area contributed by atoms with Crippen molar-refractivity contribution in [1.29, 1.82) is 0 Å². The van der Waals surface area contributed by atoms with Crippen LogP contribution in [0.4, 0.5) is 0 Å². The molecule has 24 heavy (non-hydrogen) atoms. The number of hydrogen-bond donors (Lipinski definition) is 3. The van der Waals surface area contributed by atoms with E-state index in [4.69, 9.17) is 4.74 Å². The zero-order chi connectivity index (χ0) is 17.6. The number of nitrogens with zero attached hydrogens (tertiary/aromatic N) is 1. The molecule has 0 spiro atoms. The summed E-state index contributed by atoms with van der Waals surface area (Å²) in [7, 11) is 0. The van der Waals surface area contributed by atoms with Crippen LogP contribution in [-0.4, -0.2) is 38.1 Å². The van der Waals surface area contributed by atoms with Crippen molar-refractivity contribution < 1.29 is 9.53 Å². The van der Waals surface area contributed by atoms with Crippen LogP contribution < -0.4 is 20.7 Å². The third kappa shape index (κ3) is 7.67. The summed E-state index contributed by atoms with van der Waals surface area (Å²) in [6.45, 7) is 10.2. The Balaban J connectivity index is 2.65. The van der Waals surface area contributed by atoms with Crippen molar-refractivity contribution in [2.24, 2.45) is 4.99 Å². The molecule has 0 bridgehead atoms. The normalized spacial score (nSPS) is 10.8. The Hall–Kier alpha value is -2.50. The largest absolute Gasteiger partial charge is 0.489 e. The van der Waals surface area contributed by atoms with Gasteiger partial charge in [0, 0.05) is 18.7 Å². The Morgan fingerprint density at radius 2 is 2.04 bits per heavy atom. The molecule has 6 nitrogen and oxygen atoms in total. The Labute approximate surface area is 144 Å². The number of guanidine groups is 1. The first-order chi connectivity index (χ1) is 11.7. The number of carbonyl (C=O) groups excluding carboxylic acids is 1. The van der Waals surface area contributed by atoms with Gasteiger partial charge in [-0.3, -0.25) is 4.79 Å². The highest BCUT2D eigenvalue weighted by Gasteiger charge is 2.05. The fourth-order valence-electron chi connectivity index (χ4n) is 1.92. The van der Waals surface area contributed by atoms with Gasteiger partial charge in [-0.25, -0.2) is 4.99 Å². The second kappa shape index (κ2) is 12.0. The van der Waals surface area contributed by atoms with E-state index in [2.05, 4.69) is 27.5 Å². The van der Waals surface area contributed by atoms with E-state index in [0.29, 0.717) is 25.7 Å². The SMILES string of the molecule is C=CCOc1ccccc1CN=C(NCC)NCC(=O)NCCC. The molecule has 0 fully saturated rings. The molecule has 132 valence electrons. The molecule has 1 rings (SSSR count). The second-order valence-electron chi connectivity index (χ2n) is 5.11. The van der Waals surface area contributed by atoms with Crippen LogP contribution in [0.1, 0.15) is 25.8 Å². The van der Waals surface area contributed by atoms with Crippen molar-refractivity contribution in [2.75, 3.05) is 26.2 Å². The van der Waals surface area contributed by atoms with Crippen LogP contribution in [0.3, 0.4) is 0 Å². The maximum atomic E-state index is 11.7. The summed E-state index contributed by atoms with van der Waals surface area (Å²) in [5, 5.41) is 8.98. The van der Waals surface area contributed by atoms with Crippen molar-refractivity contribution in [1.82, 2.24) is 16.0 Å². The van der Waals surface area contributed by atoms with E-state index in [1.165, 1.54) is 0 Å². The number of ether oxygens (including phenoxy) is 1. The summed E-state index contributed by atoms with van der Waals surface area (Å²) in [6.07, 6.45) is 2.63. The van der Waals surface area contributed by atoms with E-state index in [1.54, 1.807) is 6.08 Å². The first-order valence-electron chi connectivity index (χ1n) is 8.31. The highest BCUT2D eigenvalue weighted by Crippen LogP contribution is 2.18. The van der Waals surface area contributed by atoms with E-state index >= 15 is 0 Å². The Bertz CT molecular complexity index is 544. The summed E-state index contributed by atoms with van der Waals surface area (Å²) >= 11 is 0. The third-order valence-electron chi connectivity index (χ3n) is 3.07. The molecule has 3 N–H and O–H groups in total. The Kier molecular flexibility index (Phi) is 9.76. The van der Waals surface area contributed by atoms with Crippen LogP contribution in [0.5, 0.6) is 5.75 Å². The number of para-hydroxylation sites is 1. The van der Waals surface area contributed by atoms with Gasteiger partial charge < -0.3 is 20.7 Å². The first-order valence-corrected chi connectivity index (χ1v) is 8.31. The standard InChI is InChI=1S/C18H28N4O2/c1-4-11-20-17(23)14-22-18(19-6-3)21-13-15-9-7-8-10-16(15)24-12-5-2/h5,7-10H,2,4,6,11-14H2,1,3H3,(H,20,23)(H2,19,21,22). The maximum absolute atomic E-state index is 11.7. The minimum absolute atomic E-state index is 0.0443. The van der Waals surface area contributed by atoms with Gasteiger partial charge in [0.1, 0.15) is 12.4 Å². The Morgan fingerprint density at radius 1 is 1.25 bits per heavy atom. The molecular weight excluding hydrogens is 304 g/mol. The zero-order valence-corrected chi connectivity index (χ0v) is 14.6. The average molecular weight is 332 g/mol. The van der Waals surface area contributed by atoms with Crippen molar-refractivity contribution in [3.05, 3.63) is 42.5 Å². The molecule has 6 heteroatoms. The van der Waals surface area contributed by atoms with Crippen LogP contribution in [0.15, 0.2) is 41.9 Å². The monoisotopic (exact) mass is 332 g/mol. The summed E-state index contributed by atoms with van der Waals surface area (Å²) in [5.74, 6) is 1.34. The first kappa shape index (κ1) is 19.5. The fraction of sp³-hybridized carbons (Fsp3) is 0.444. The quantitative estimate of drug-likeness (QED) is 0.347. The van der Waals surface area contributed by atoms with Gasteiger partial charge in [0.05, 0.1) is 13.1 Å². The lowest BCUT2D eigenvalue weighted by Crippen LogP contribution is -2.43. The van der Waals surface area contributed by atoms with E-state index in [-0.39, 0.29) is 12.5 Å². The van der Waals surface area contributed by atoms with Crippen molar-refractivity contribution in [3.8, 4) is 5.75 Å². The lowest BCUT2D eigenvalue weighted by atomic mass is 10.2. The number of amides is 1. The lowest BCUT2D eigenvalue weighted by molar-refractivity contribution is -0.120. The topological polar surface area (TPSA) is 74.8 Å². The van der Waals surface area contributed by atoms with Gasteiger partial charge in [0.15, 0.2) is 5.96 Å². The van der Waals surface area contributed by atoms with E-state index in [9.17, 15) is 4.79 Å². The van der Waals surface area contributed by atoms with Crippen molar-refractivity contribution in [3.63, 3.8) is 0 Å². The molecule has 1 aromatic carbocycles. The number of rotatable bonds is 10. The van der Waals surface area contributed by atoms with Crippen molar-refractivity contribution in [2.45, 2.75) is 26.8 Å². The number of benzene rings is 1. The van der Waals surface area contributed by atoms with E-state index < -0.39 is 0 Å². The molecule has 0 atom stereocenters. The highest BCUT2D eigenvalue weighted by molar-refractivity contribution is 5.86. The zero-order valence-electron chi connectivity index (χ0n) is 14.6. The molecule has 1 amide bonds. The molecule has 0 saturated carbocycles. The average Bonchev–Trinajstić information content (AvgIpc) is 2.61. The minimum Gasteiger partial charge on any atom is -0.489 e. The van der Waals surface area contributed by atoms with Gasteiger partial charge in [-0.1, -0.05) is 37.8 Å². The lowest BCUT2D eigenvalue weighted by Gasteiger charge is -2.12. The van der Waals surface area contributed by atoms with Crippen LogP contribution >= 0.6 is 0 Å². The number of nitrogens with one attached hydrogen (secondary N) is 3. The number of aliphatic imine (C=N–C) groups is 1. The molecule has 0 aliphatic carbocycles. The summed E-state index contributed by atoms with van der Waals surface area (Å²) < 4.78 is 5.63. The fourth-order valence-corrected chi connectivity index (χ4v) is 1.92. The second-order valence-corrected chi connectivity index (χ2v) is 5.11.